The molecule has 8 heteroatoms. The Kier molecular flexibility index (Phi) is 4.18. The van der Waals surface area contributed by atoms with Crippen LogP contribution in [-0.4, -0.2) is 27.6 Å². The van der Waals surface area contributed by atoms with Gasteiger partial charge in [0.15, 0.2) is 10.7 Å². The summed E-state index contributed by atoms with van der Waals surface area (Å²) in [6.45, 7) is 2.06. The normalized spacial score (nSPS) is 11.0. The smallest absolute Gasteiger partial charge is 0.270 e. The van der Waals surface area contributed by atoms with Gasteiger partial charge in [0, 0.05) is 23.2 Å². The van der Waals surface area contributed by atoms with Crippen LogP contribution in [0.25, 0.3) is 16.2 Å². The van der Waals surface area contributed by atoms with Crippen LogP contribution in [0.1, 0.15) is 21.9 Å². The molecular weight excluding hydrogens is 352 g/mol. The first-order chi connectivity index (χ1) is 12.7. The van der Waals surface area contributed by atoms with Crippen molar-refractivity contribution in [3.05, 3.63) is 59.1 Å². The molecule has 0 unspecified atom stereocenters. The first kappa shape index (κ1) is 16.3. The Morgan fingerprint density at radius 1 is 1.38 bits per heavy atom. The summed E-state index contributed by atoms with van der Waals surface area (Å²) in [4.78, 5) is 17.7. The largest absolute Gasteiger partial charge is 0.496 e. The van der Waals surface area contributed by atoms with E-state index < -0.39 is 0 Å². The van der Waals surface area contributed by atoms with Crippen molar-refractivity contribution >= 4 is 22.2 Å². The molecule has 0 aliphatic heterocycles. The fourth-order valence-corrected chi connectivity index (χ4v) is 3.56. The number of fused-ring (bicyclic) bond motifs is 1. The Bertz CT molecular complexity index is 1080. The minimum atomic E-state index is -0.205. The van der Waals surface area contributed by atoms with Crippen LogP contribution in [0.5, 0.6) is 5.75 Å². The standard InChI is InChI=1S/C18H16N4O3S/c1-11-16(22-7-8-26-18(22)20-11)17(23)19-10-12-9-14(21-25-12)13-5-3-4-6-15(13)24-2/h3-9H,10H2,1-2H3,(H,19,23). The first-order valence-corrected chi connectivity index (χ1v) is 8.84. The van der Waals surface area contributed by atoms with Crippen molar-refractivity contribution in [3.8, 4) is 17.0 Å². The highest BCUT2D eigenvalue weighted by atomic mass is 32.1. The number of carbonyl (C=O) groups is 1. The Hall–Kier alpha value is -3.13. The van der Waals surface area contributed by atoms with Crippen molar-refractivity contribution in [2.24, 2.45) is 0 Å². The molecule has 1 N–H and O–H groups in total. The summed E-state index contributed by atoms with van der Waals surface area (Å²) in [6.07, 6.45) is 1.84. The molecule has 4 rings (SSSR count). The maximum absolute atomic E-state index is 12.5. The number of amides is 1. The zero-order chi connectivity index (χ0) is 18.1. The lowest BCUT2D eigenvalue weighted by Crippen LogP contribution is -2.24. The second-order valence-electron chi connectivity index (χ2n) is 5.66. The lowest BCUT2D eigenvalue weighted by Gasteiger charge is -2.04. The summed E-state index contributed by atoms with van der Waals surface area (Å²) in [5, 5.41) is 8.83. The van der Waals surface area contributed by atoms with Crippen LogP contribution in [0, 0.1) is 6.92 Å². The lowest BCUT2D eigenvalue weighted by atomic mass is 10.1. The molecule has 0 spiro atoms. The van der Waals surface area contributed by atoms with Crippen molar-refractivity contribution in [3.63, 3.8) is 0 Å². The summed E-state index contributed by atoms with van der Waals surface area (Å²) < 4.78 is 12.5. The average Bonchev–Trinajstić information content (AvgIpc) is 3.35. The number of rotatable bonds is 5. The van der Waals surface area contributed by atoms with Crippen LogP contribution in [0.15, 0.2) is 46.4 Å². The molecule has 0 aliphatic carbocycles. The van der Waals surface area contributed by atoms with Gasteiger partial charge in [-0.1, -0.05) is 17.3 Å². The van der Waals surface area contributed by atoms with Crippen molar-refractivity contribution in [2.45, 2.75) is 13.5 Å². The molecule has 7 nitrogen and oxygen atoms in total. The second-order valence-corrected chi connectivity index (χ2v) is 6.54. The van der Waals surface area contributed by atoms with E-state index in [0.717, 1.165) is 10.5 Å². The molecule has 3 heterocycles. The van der Waals surface area contributed by atoms with E-state index >= 15 is 0 Å². The van der Waals surface area contributed by atoms with Crippen molar-refractivity contribution in [1.29, 1.82) is 0 Å². The number of thiazole rings is 1. The second kappa shape index (κ2) is 6.64. The summed E-state index contributed by atoms with van der Waals surface area (Å²) in [5.41, 5.74) is 2.72. The molecule has 1 amide bonds. The zero-order valence-electron chi connectivity index (χ0n) is 14.2. The SMILES string of the molecule is COc1ccccc1-c1cc(CNC(=O)c2c(C)nc3sccn23)on1. The van der Waals surface area contributed by atoms with Crippen LogP contribution >= 0.6 is 11.3 Å². The minimum Gasteiger partial charge on any atom is -0.496 e. The van der Waals surface area contributed by atoms with E-state index in [2.05, 4.69) is 15.5 Å². The molecule has 0 saturated heterocycles. The predicted molar refractivity (Wildman–Crippen MR) is 97.5 cm³/mol. The Morgan fingerprint density at radius 3 is 3.08 bits per heavy atom. The first-order valence-electron chi connectivity index (χ1n) is 7.96. The molecule has 4 aromatic rings. The molecule has 0 bridgehead atoms. The zero-order valence-corrected chi connectivity index (χ0v) is 15.0. The summed E-state index contributed by atoms with van der Waals surface area (Å²) >= 11 is 1.49. The van der Waals surface area contributed by atoms with Crippen LogP contribution < -0.4 is 10.1 Å². The summed E-state index contributed by atoms with van der Waals surface area (Å²) in [7, 11) is 1.61. The van der Waals surface area contributed by atoms with Gasteiger partial charge in [-0.15, -0.1) is 11.3 Å². The monoisotopic (exact) mass is 368 g/mol. The fraction of sp³-hybridized carbons (Fsp3) is 0.167. The average molecular weight is 368 g/mol. The topological polar surface area (TPSA) is 81.7 Å². The van der Waals surface area contributed by atoms with Crippen LogP contribution in [-0.2, 0) is 6.54 Å². The van der Waals surface area contributed by atoms with Crippen LogP contribution in [0.4, 0.5) is 0 Å². The molecule has 0 radical (unpaired) electrons. The number of aromatic nitrogens is 3. The number of hydrogen-bond acceptors (Lipinski definition) is 6. The Balaban J connectivity index is 1.51. The number of nitrogens with zero attached hydrogens (tertiary/aromatic N) is 3. The molecule has 132 valence electrons. The van der Waals surface area contributed by atoms with Gasteiger partial charge < -0.3 is 14.6 Å². The number of hydrogen-bond donors (Lipinski definition) is 1. The molecule has 0 aliphatic rings. The minimum absolute atomic E-state index is 0.205. The van der Waals surface area contributed by atoms with E-state index in [1.807, 2.05) is 42.8 Å². The number of imidazole rings is 1. The van der Waals surface area contributed by atoms with E-state index in [0.29, 0.717) is 28.6 Å². The molecular formula is C18H16N4O3S. The van der Waals surface area contributed by atoms with Gasteiger partial charge in [0.05, 0.1) is 19.3 Å². The molecule has 26 heavy (non-hydrogen) atoms. The number of ether oxygens (including phenoxy) is 1. The van der Waals surface area contributed by atoms with Gasteiger partial charge in [0.2, 0.25) is 0 Å². The Labute approximate surface area is 153 Å². The van der Waals surface area contributed by atoms with Crippen LogP contribution in [0.2, 0.25) is 0 Å². The van der Waals surface area contributed by atoms with Crippen LogP contribution in [0.3, 0.4) is 0 Å². The van der Waals surface area contributed by atoms with E-state index in [4.69, 9.17) is 9.26 Å². The predicted octanol–water partition coefficient (Wildman–Crippen LogP) is 3.30. The summed E-state index contributed by atoms with van der Waals surface area (Å²) in [6, 6.07) is 9.36. The third-order valence-electron chi connectivity index (χ3n) is 4.02. The maximum atomic E-state index is 12.5. The number of benzene rings is 1. The highest BCUT2D eigenvalue weighted by Crippen LogP contribution is 2.29. The lowest BCUT2D eigenvalue weighted by molar-refractivity contribution is 0.0940. The van der Waals surface area contributed by atoms with Gasteiger partial charge in [-0.2, -0.15) is 0 Å². The van der Waals surface area contributed by atoms with Gasteiger partial charge in [0.25, 0.3) is 5.91 Å². The fourth-order valence-electron chi connectivity index (χ4n) is 2.80. The Morgan fingerprint density at radius 2 is 2.23 bits per heavy atom. The molecule has 3 aromatic heterocycles. The van der Waals surface area contributed by atoms with Crippen molar-refractivity contribution < 1.29 is 14.1 Å². The van der Waals surface area contributed by atoms with Crippen molar-refractivity contribution in [1.82, 2.24) is 19.9 Å². The quantitative estimate of drug-likeness (QED) is 0.584. The van der Waals surface area contributed by atoms with E-state index in [1.165, 1.54) is 11.3 Å². The number of para-hydroxylation sites is 1. The van der Waals surface area contributed by atoms with Gasteiger partial charge >= 0.3 is 0 Å². The molecule has 0 atom stereocenters. The maximum Gasteiger partial charge on any atom is 0.270 e. The number of aryl methyl sites for hydroxylation is 1. The van der Waals surface area contributed by atoms with Crippen molar-refractivity contribution in [2.75, 3.05) is 7.11 Å². The molecule has 0 saturated carbocycles. The van der Waals surface area contributed by atoms with Gasteiger partial charge in [0.1, 0.15) is 17.1 Å². The number of methoxy groups -OCH3 is 1. The van der Waals surface area contributed by atoms with E-state index in [9.17, 15) is 4.79 Å². The van der Waals surface area contributed by atoms with E-state index in [1.54, 1.807) is 17.6 Å². The third-order valence-corrected chi connectivity index (χ3v) is 4.77. The number of nitrogens with one attached hydrogen (secondary N) is 1. The third kappa shape index (κ3) is 2.84. The molecule has 1 aromatic carbocycles. The van der Waals surface area contributed by atoms with Gasteiger partial charge in [-0.3, -0.25) is 9.20 Å². The highest BCUT2D eigenvalue weighted by molar-refractivity contribution is 7.15. The number of carbonyl (C=O) groups excluding carboxylic acids is 1. The van der Waals surface area contributed by atoms with E-state index in [-0.39, 0.29) is 12.5 Å². The van der Waals surface area contributed by atoms with Gasteiger partial charge in [-0.25, -0.2) is 4.98 Å². The molecule has 0 fully saturated rings. The summed E-state index contributed by atoms with van der Waals surface area (Å²) in [5.74, 6) is 1.07. The highest BCUT2D eigenvalue weighted by Gasteiger charge is 2.18. The van der Waals surface area contributed by atoms with Gasteiger partial charge in [-0.05, 0) is 19.1 Å².